The highest BCUT2D eigenvalue weighted by Gasteiger charge is 2.26. The molecule has 1 atom stereocenters. The van der Waals surface area contributed by atoms with E-state index >= 15 is 0 Å². The zero-order valence-corrected chi connectivity index (χ0v) is 13.7. The maximum absolute atomic E-state index is 12.1. The normalized spacial score (nSPS) is 18.4. The van der Waals surface area contributed by atoms with Crippen molar-refractivity contribution in [1.82, 2.24) is 14.8 Å². The van der Waals surface area contributed by atoms with Crippen molar-refractivity contribution in [3.05, 3.63) is 23.9 Å². The summed E-state index contributed by atoms with van der Waals surface area (Å²) in [6.45, 7) is 6.57. The van der Waals surface area contributed by atoms with Crippen molar-refractivity contribution >= 4 is 11.7 Å². The predicted octanol–water partition coefficient (Wildman–Crippen LogP) is 1.96. The predicted molar refractivity (Wildman–Crippen MR) is 87.1 cm³/mol. The Kier molecular flexibility index (Phi) is 7.15. The number of likely N-dealkylation sites (N-methyl/N-ethyl adjacent to an activating group) is 1. The first kappa shape index (κ1) is 17.4. The number of nitrogen functional groups attached to an aromatic ring is 1. The highest BCUT2D eigenvalue weighted by Crippen LogP contribution is 2.28. The zero-order valence-electron chi connectivity index (χ0n) is 13.7. The van der Waals surface area contributed by atoms with Gasteiger partial charge in [0.1, 0.15) is 5.82 Å². The minimum atomic E-state index is 0.245. The molecular formula is C16H28N4O. The lowest BCUT2D eigenvalue weighted by molar-refractivity contribution is -0.134. The number of aromatic nitrogens is 1. The van der Waals surface area contributed by atoms with Crippen LogP contribution in [-0.4, -0.2) is 54.4 Å². The fourth-order valence-corrected chi connectivity index (χ4v) is 2.38. The fraction of sp³-hybridized carbons (Fsp3) is 0.625. The number of rotatable bonds is 4. The molecule has 2 N–H and O–H groups in total. The smallest absolute Gasteiger partial charge is 0.223 e. The lowest BCUT2D eigenvalue weighted by Gasteiger charge is -2.32. The summed E-state index contributed by atoms with van der Waals surface area (Å²) in [5.74, 6) is 1.06. The highest BCUT2D eigenvalue weighted by atomic mass is 16.2. The molecule has 0 saturated carbocycles. The molecule has 2 heterocycles. The Balaban J connectivity index is 0.00000106. The number of carbonyl (C=O) groups is 1. The first-order chi connectivity index (χ1) is 10.1. The maximum atomic E-state index is 12.1. The van der Waals surface area contributed by atoms with Gasteiger partial charge in [0.15, 0.2) is 0 Å². The van der Waals surface area contributed by atoms with Crippen molar-refractivity contribution < 1.29 is 4.79 Å². The molecule has 1 saturated heterocycles. The van der Waals surface area contributed by atoms with E-state index in [1.165, 1.54) is 0 Å². The van der Waals surface area contributed by atoms with Crippen molar-refractivity contribution in [3.63, 3.8) is 0 Å². The van der Waals surface area contributed by atoms with Crippen LogP contribution >= 0.6 is 0 Å². The largest absolute Gasteiger partial charge is 0.384 e. The molecular weight excluding hydrogens is 264 g/mol. The van der Waals surface area contributed by atoms with Crippen LogP contribution in [0.4, 0.5) is 5.82 Å². The number of anilines is 1. The molecule has 1 fully saturated rings. The van der Waals surface area contributed by atoms with Crippen molar-refractivity contribution in [2.45, 2.75) is 32.6 Å². The van der Waals surface area contributed by atoms with E-state index in [-0.39, 0.29) is 11.8 Å². The number of nitrogens with two attached hydrogens (primary N) is 1. The SMILES string of the molecule is CC.CN(C)CCN1CCC(c2ccc(N)nc2)CC1=O. The molecule has 1 unspecified atom stereocenters. The minimum Gasteiger partial charge on any atom is -0.384 e. The van der Waals surface area contributed by atoms with E-state index in [0.29, 0.717) is 12.2 Å². The third kappa shape index (κ3) is 5.34. The van der Waals surface area contributed by atoms with Crippen LogP contribution in [0.15, 0.2) is 18.3 Å². The van der Waals surface area contributed by atoms with E-state index in [1.807, 2.05) is 38.9 Å². The summed E-state index contributed by atoms with van der Waals surface area (Å²) < 4.78 is 0. The van der Waals surface area contributed by atoms with Crippen LogP contribution in [0.2, 0.25) is 0 Å². The molecule has 0 aliphatic carbocycles. The number of hydrogen-bond acceptors (Lipinski definition) is 4. The van der Waals surface area contributed by atoms with Gasteiger partial charge in [0.25, 0.3) is 0 Å². The number of likely N-dealkylation sites (tertiary alicyclic amines) is 1. The third-order valence-corrected chi connectivity index (χ3v) is 3.62. The molecule has 1 aliphatic rings. The molecule has 1 aliphatic heterocycles. The van der Waals surface area contributed by atoms with Gasteiger partial charge in [-0.2, -0.15) is 0 Å². The standard InChI is InChI=1S/C14H22N4O.C2H6/c1-17(2)7-8-18-6-5-11(9-14(18)19)12-3-4-13(15)16-10-12;1-2/h3-4,10-11H,5-9H2,1-2H3,(H2,15,16);1-2H3. The number of carbonyl (C=O) groups excluding carboxylic acids is 1. The van der Waals surface area contributed by atoms with E-state index in [2.05, 4.69) is 9.88 Å². The Morgan fingerprint density at radius 1 is 1.38 bits per heavy atom. The number of hydrogen-bond donors (Lipinski definition) is 1. The van der Waals surface area contributed by atoms with Crippen molar-refractivity contribution in [2.24, 2.45) is 0 Å². The summed E-state index contributed by atoms with van der Waals surface area (Å²) >= 11 is 0. The van der Waals surface area contributed by atoms with Gasteiger partial charge in [0, 0.05) is 32.3 Å². The van der Waals surface area contributed by atoms with Crippen molar-refractivity contribution in [3.8, 4) is 0 Å². The number of amides is 1. The molecule has 0 spiro atoms. The van der Waals surface area contributed by atoms with E-state index in [1.54, 1.807) is 12.3 Å². The third-order valence-electron chi connectivity index (χ3n) is 3.62. The van der Waals surface area contributed by atoms with Gasteiger partial charge in [-0.1, -0.05) is 19.9 Å². The Bertz CT molecular complexity index is 430. The molecule has 21 heavy (non-hydrogen) atoms. The molecule has 118 valence electrons. The topological polar surface area (TPSA) is 62.5 Å². The van der Waals surface area contributed by atoms with E-state index in [9.17, 15) is 4.79 Å². The summed E-state index contributed by atoms with van der Waals surface area (Å²) in [7, 11) is 4.05. The fourth-order valence-electron chi connectivity index (χ4n) is 2.38. The summed E-state index contributed by atoms with van der Waals surface area (Å²) in [6.07, 6.45) is 3.38. The first-order valence-electron chi connectivity index (χ1n) is 7.70. The van der Waals surface area contributed by atoms with Crippen LogP contribution in [0.1, 0.15) is 38.2 Å². The quantitative estimate of drug-likeness (QED) is 0.921. The molecule has 1 aromatic heterocycles. The Morgan fingerprint density at radius 2 is 2.10 bits per heavy atom. The molecule has 5 heteroatoms. The monoisotopic (exact) mass is 292 g/mol. The minimum absolute atomic E-state index is 0.245. The second-order valence-electron chi connectivity index (χ2n) is 5.39. The van der Waals surface area contributed by atoms with Crippen LogP contribution in [0.25, 0.3) is 0 Å². The lowest BCUT2D eigenvalue weighted by atomic mass is 9.90. The van der Waals surface area contributed by atoms with Gasteiger partial charge in [0.05, 0.1) is 0 Å². The van der Waals surface area contributed by atoms with Gasteiger partial charge in [-0.15, -0.1) is 0 Å². The van der Waals surface area contributed by atoms with E-state index in [4.69, 9.17) is 5.73 Å². The average Bonchev–Trinajstić information content (AvgIpc) is 2.48. The Morgan fingerprint density at radius 3 is 2.62 bits per heavy atom. The number of piperidine rings is 1. The number of nitrogens with zero attached hydrogens (tertiary/aromatic N) is 3. The maximum Gasteiger partial charge on any atom is 0.223 e. The van der Waals surface area contributed by atoms with Gasteiger partial charge >= 0.3 is 0 Å². The van der Waals surface area contributed by atoms with Gasteiger partial charge < -0.3 is 15.5 Å². The molecule has 1 aromatic rings. The molecule has 5 nitrogen and oxygen atoms in total. The summed E-state index contributed by atoms with van der Waals surface area (Å²) in [5, 5.41) is 0. The summed E-state index contributed by atoms with van der Waals surface area (Å²) in [5.41, 5.74) is 6.70. The van der Waals surface area contributed by atoms with Crippen molar-refractivity contribution in [1.29, 1.82) is 0 Å². The molecule has 0 radical (unpaired) electrons. The Hall–Kier alpha value is -1.62. The zero-order chi connectivity index (χ0) is 15.8. The lowest BCUT2D eigenvalue weighted by Crippen LogP contribution is -2.41. The van der Waals surface area contributed by atoms with Crippen LogP contribution < -0.4 is 5.73 Å². The number of pyridine rings is 1. The Labute approximate surface area is 128 Å². The van der Waals surface area contributed by atoms with Crippen molar-refractivity contribution in [2.75, 3.05) is 39.5 Å². The second kappa shape index (κ2) is 8.62. The second-order valence-corrected chi connectivity index (χ2v) is 5.39. The van der Waals surface area contributed by atoms with E-state index < -0.39 is 0 Å². The van der Waals surface area contributed by atoms with Gasteiger partial charge in [0.2, 0.25) is 5.91 Å². The molecule has 0 aromatic carbocycles. The van der Waals surface area contributed by atoms with Crippen LogP contribution in [0, 0.1) is 0 Å². The van der Waals surface area contributed by atoms with Gasteiger partial charge in [-0.05, 0) is 38.1 Å². The van der Waals surface area contributed by atoms with Crippen LogP contribution in [-0.2, 0) is 4.79 Å². The average molecular weight is 292 g/mol. The highest BCUT2D eigenvalue weighted by molar-refractivity contribution is 5.78. The molecule has 0 bridgehead atoms. The molecule has 1 amide bonds. The first-order valence-corrected chi connectivity index (χ1v) is 7.70. The molecule has 2 rings (SSSR count). The van der Waals surface area contributed by atoms with Gasteiger partial charge in [-0.3, -0.25) is 4.79 Å². The van der Waals surface area contributed by atoms with Gasteiger partial charge in [-0.25, -0.2) is 4.98 Å². The van der Waals surface area contributed by atoms with Crippen LogP contribution in [0.5, 0.6) is 0 Å². The van der Waals surface area contributed by atoms with E-state index in [0.717, 1.165) is 31.6 Å². The summed E-state index contributed by atoms with van der Waals surface area (Å²) in [4.78, 5) is 20.3. The van der Waals surface area contributed by atoms with Crippen LogP contribution in [0.3, 0.4) is 0 Å². The summed E-state index contributed by atoms with van der Waals surface area (Å²) in [6, 6.07) is 3.79.